The van der Waals surface area contributed by atoms with Crippen molar-refractivity contribution in [3.05, 3.63) is 29.2 Å². The second kappa shape index (κ2) is 3.21. The van der Waals surface area contributed by atoms with Crippen LogP contribution in [0.3, 0.4) is 0 Å². The maximum absolute atomic E-state index is 4.27. The number of hydrogen-bond donors (Lipinski definition) is 1. The first-order valence-corrected chi connectivity index (χ1v) is 4.67. The van der Waals surface area contributed by atoms with Crippen LogP contribution in [-0.2, 0) is 0 Å². The zero-order valence-corrected chi connectivity index (χ0v) is 7.99. The molecule has 13 heavy (non-hydrogen) atoms. The van der Waals surface area contributed by atoms with Gasteiger partial charge >= 0.3 is 0 Å². The average Bonchev–Trinajstić information content (AvgIpc) is 2.42. The van der Waals surface area contributed by atoms with Crippen LogP contribution in [0.1, 0.15) is 15.3 Å². The summed E-state index contributed by atoms with van der Waals surface area (Å²) in [6.45, 7) is 4.45. The van der Waals surface area contributed by atoms with Gasteiger partial charge in [0.05, 0.1) is 17.0 Å². The molecule has 0 fully saturated rings. The lowest BCUT2D eigenvalue weighted by atomic mass is 9.95. The molecule has 0 aromatic carbocycles. The predicted octanol–water partition coefficient (Wildman–Crippen LogP) is 1.06. The van der Waals surface area contributed by atoms with Gasteiger partial charge in [0.25, 0.3) is 0 Å². The number of rotatable bonds is 1. The number of aromatic amines is 1. The van der Waals surface area contributed by atoms with Gasteiger partial charge in [-0.25, -0.2) is 4.98 Å². The summed E-state index contributed by atoms with van der Waals surface area (Å²) in [7, 11) is 0. The smallest absolute Gasteiger partial charge is 0.0931 e. The maximum Gasteiger partial charge on any atom is 0.0931 e. The van der Waals surface area contributed by atoms with Crippen molar-refractivity contribution in [1.82, 2.24) is 9.97 Å². The molecule has 0 radical (unpaired) electrons. The lowest BCUT2D eigenvalue weighted by Crippen LogP contribution is -2.24. The minimum atomic E-state index is 0. The van der Waals surface area contributed by atoms with Gasteiger partial charge in [-0.2, -0.15) is 0 Å². The fourth-order valence-corrected chi connectivity index (χ4v) is 1.51. The number of imidazole rings is 1. The zero-order chi connectivity index (χ0) is 9.26. The van der Waals surface area contributed by atoms with Crippen molar-refractivity contribution < 1.29 is 1.43 Å². The van der Waals surface area contributed by atoms with Crippen molar-refractivity contribution in [3.63, 3.8) is 0 Å². The normalized spacial score (nSPS) is 20.4. The van der Waals surface area contributed by atoms with Gasteiger partial charge in [-0.05, 0) is 24.0 Å². The van der Waals surface area contributed by atoms with E-state index in [1.807, 2.05) is 0 Å². The molecule has 1 atom stereocenters. The van der Waals surface area contributed by atoms with E-state index in [0.29, 0.717) is 11.8 Å². The number of aromatic nitrogens is 2. The molecule has 1 unspecified atom stereocenters. The van der Waals surface area contributed by atoms with Crippen LogP contribution in [-0.4, -0.2) is 9.97 Å². The molecule has 70 valence electrons. The van der Waals surface area contributed by atoms with E-state index in [9.17, 15) is 0 Å². The molecule has 0 saturated carbocycles. The molecule has 0 amide bonds. The largest absolute Gasteiger partial charge is 0.345 e. The minimum Gasteiger partial charge on any atom is -0.345 e. The molecule has 2 rings (SSSR count). The summed E-state index contributed by atoms with van der Waals surface area (Å²) in [4.78, 5) is 7.37. The molecule has 1 aliphatic carbocycles. The van der Waals surface area contributed by atoms with E-state index in [1.54, 1.807) is 6.33 Å². The van der Waals surface area contributed by atoms with Crippen LogP contribution in [0.4, 0.5) is 0 Å². The van der Waals surface area contributed by atoms with E-state index in [0.717, 1.165) is 10.7 Å². The van der Waals surface area contributed by atoms with E-state index in [2.05, 4.69) is 48.1 Å². The molecule has 1 aromatic rings. The number of nitrogens with zero attached hydrogens (tertiary/aromatic N) is 1. The van der Waals surface area contributed by atoms with E-state index in [1.165, 1.54) is 0 Å². The molecular formula is C11H16N2. The topological polar surface area (TPSA) is 28.7 Å². The van der Waals surface area contributed by atoms with Gasteiger partial charge in [0, 0.05) is 1.43 Å². The van der Waals surface area contributed by atoms with Gasteiger partial charge in [-0.15, -0.1) is 0 Å². The third-order valence-electron chi connectivity index (χ3n) is 2.42. The summed E-state index contributed by atoms with van der Waals surface area (Å²) in [6, 6.07) is 0. The first-order valence-electron chi connectivity index (χ1n) is 4.67. The average molecular weight is 176 g/mol. The molecule has 0 spiro atoms. The van der Waals surface area contributed by atoms with Crippen molar-refractivity contribution >= 4 is 12.2 Å². The summed E-state index contributed by atoms with van der Waals surface area (Å²) in [5.74, 6) is 1.13. The predicted molar refractivity (Wildman–Crippen MR) is 56.3 cm³/mol. The SMILES string of the molecule is CC(C)C1C=CC=c2[nH]cnc2=C1.[HH]. The second-order valence-electron chi connectivity index (χ2n) is 3.74. The highest BCUT2D eigenvalue weighted by Gasteiger charge is 2.07. The van der Waals surface area contributed by atoms with Crippen LogP contribution in [0.15, 0.2) is 18.5 Å². The number of hydrogen-bond acceptors (Lipinski definition) is 1. The van der Waals surface area contributed by atoms with Gasteiger partial charge in [0.1, 0.15) is 0 Å². The molecule has 0 aliphatic heterocycles. The maximum atomic E-state index is 4.27. The van der Waals surface area contributed by atoms with Crippen molar-refractivity contribution in [2.45, 2.75) is 13.8 Å². The van der Waals surface area contributed by atoms with Crippen molar-refractivity contribution in [3.8, 4) is 0 Å². The Morgan fingerprint density at radius 2 is 2.38 bits per heavy atom. The molecule has 2 nitrogen and oxygen atoms in total. The molecule has 1 N–H and O–H groups in total. The van der Waals surface area contributed by atoms with Crippen LogP contribution in [0.2, 0.25) is 0 Å². The van der Waals surface area contributed by atoms with Crippen LogP contribution in [0.25, 0.3) is 12.2 Å². The summed E-state index contributed by atoms with van der Waals surface area (Å²) in [5.41, 5.74) is 0. The van der Waals surface area contributed by atoms with Crippen LogP contribution in [0.5, 0.6) is 0 Å². The van der Waals surface area contributed by atoms with Crippen molar-refractivity contribution in [2.24, 2.45) is 11.8 Å². The van der Waals surface area contributed by atoms with Gasteiger partial charge in [0.2, 0.25) is 0 Å². The third kappa shape index (κ3) is 1.57. The molecule has 1 aliphatic rings. The first kappa shape index (κ1) is 8.30. The third-order valence-corrected chi connectivity index (χ3v) is 2.42. The quantitative estimate of drug-likeness (QED) is 0.681. The fraction of sp³-hybridized carbons (Fsp3) is 0.364. The second-order valence-corrected chi connectivity index (χ2v) is 3.74. The highest BCUT2D eigenvalue weighted by molar-refractivity contribution is 5.42. The molecule has 1 heterocycles. The number of nitrogens with one attached hydrogen (secondary N) is 1. The number of allylic oxidation sites excluding steroid dienone is 2. The minimum absolute atomic E-state index is 0. The Morgan fingerprint density at radius 3 is 3.15 bits per heavy atom. The molecule has 0 saturated heterocycles. The first-order chi connectivity index (χ1) is 6.27. The molecule has 1 aromatic heterocycles. The Morgan fingerprint density at radius 1 is 1.54 bits per heavy atom. The number of fused-ring (bicyclic) bond motifs is 1. The molecule has 2 heteroatoms. The summed E-state index contributed by atoms with van der Waals surface area (Å²) < 4.78 is 0. The van der Waals surface area contributed by atoms with Gasteiger partial charge < -0.3 is 4.98 Å². The number of H-pyrrole nitrogens is 1. The van der Waals surface area contributed by atoms with Gasteiger partial charge in [-0.3, -0.25) is 0 Å². The lowest BCUT2D eigenvalue weighted by Gasteiger charge is -2.09. The van der Waals surface area contributed by atoms with Crippen LogP contribution >= 0.6 is 0 Å². The standard InChI is InChI=1S/C11H14N2.H2/c1-8(2)9-4-3-5-10-11(6-9)13-7-12-10;/h3-9H,1-2H3,(H,12,13);1H. The van der Waals surface area contributed by atoms with Crippen molar-refractivity contribution in [2.75, 3.05) is 0 Å². The Labute approximate surface area is 79.2 Å². The highest BCUT2D eigenvalue weighted by Crippen LogP contribution is 2.14. The van der Waals surface area contributed by atoms with Gasteiger partial charge in [0.15, 0.2) is 0 Å². The summed E-state index contributed by atoms with van der Waals surface area (Å²) in [6.07, 6.45) is 10.4. The Hall–Kier alpha value is -1.31. The summed E-state index contributed by atoms with van der Waals surface area (Å²) >= 11 is 0. The van der Waals surface area contributed by atoms with Crippen LogP contribution < -0.4 is 10.7 Å². The van der Waals surface area contributed by atoms with Crippen LogP contribution in [0, 0.1) is 11.8 Å². The molecule has 0 bridgehead atoms. The lowest BCUT2D eigenvalue weighted by molar-refractivity contribution is 0.572. The van der Waals surface area contributed by atoms with E-state index < -0.39 is 0 Å². The Balaban J connectivity index is 0.000000980. The van der Waals surface area contributed by atoms with E-state index in [-0.39, 0.29) is 1.43 Å². The van der Waals surface area contributed by atoms with Crippen molar-refractivity contribution in [1.29, 1.82) is 0 Å². The Kier molecular flexibility index (Phi) is 2.05. The fourth-order valence-electron chi connectivity index (χ4n) is 1.51. The Bertz CT molecular complexity index is 428. The van der Waals surface area contributed by atoms with Gasteiger partial charge in [-0.1, -0.05) is 26.0 Å². The summed E-state index contributed by atoms with van der Waals surface area (Å²) in [5, 5.41) is 2.18. The molecular weight excluding hydrogens is 160 g/mol. The highest BCUT2D eigenvalue weighted by atomic mass is 14.8. The monoisotopic (exact) mass is 176 g/mol. The zero-order valence-electron chi connectivity index (χ0n) is 7.99. The van der Waals surface area contributed by atoms with E-state index >= 15 is 0 Å². The van der Waals surface area contributed by atoms with E-state index in [4.69, 9.17) is 0 Å².